The van der Waals surface area contributed by atoms with Crippen LogP contribution in [0.15, 0.2) is 12.3 Å². The van der Waals surface area contributed by atoms with E-state index in [2.05, 4.69) is 34.4 Å². The van der Waals surface area contributed by atoms with Crippen LogP contribution < -0.4 is 10.6 Å². The van der Waals surface area contributed by atoms with Crippen LogP contribution in [0.1, 0.15) is 97.5 Å². The predicted octanol–water partition coefficient (Wildman–Crippen LogP) is 4.52. The minimum absolute atomic E-state index is 0.0385. The van der Waals surface area contributed by atoms with Gasteiger partial charge in [0.1, 0.15) is 11.7 Å². The molecule has 7 heteroatoms. The number of aliphatic hydroxyl groups is 1. The first kappa shape index (κ1) is 24.5. The highest BCUT2D eigenvalue weighted by molar-refractivity contribution is 6.01. The number of pyridine rings is 1. The van der Waals surface area contributed by atoms with Gasteiger partial charge in [-0.1, -0.05) is 33.6 Å². The third-order valence-electron chi connectivity index (χ3n) is 7.29. The van der Waals surface area contributed by atoms with Crippen molar-refractivity contribution < 1.29 is 14.7 Å². The van der Waals surface area contributed by atoms with Crippen LogP contribution in [-0.4, -0.2) is 32.9 Å². The Bertz CT molecular complexity index is 1080. The minimum Gasteiger partial charge on any atom is -0.388 e. The molecule has 4 N–H and O–H groups in total. The summed E-state index contributed by atoms with van der Waals surface area (Å²) in [4.78, 5) is 34.2. The largest absolute Gasteiger partial charge is 0.388 e. The molecule has 1 saturated carbocycles. The minimum atomic E-state index is -0.639. The number of carbonyl (C=O) groups is 2. The Morgan fingerprint density at radius 2 is 2.03 bits per heavy atom. The van der Waals surface area contributed by atoms with Gasteiger partial charge in [0.05, 0.1) is 18.0 Å². The van der Waals surface area contributed by atoms with Crippen molar-refractivity contribution in [2.75, 3.05) is 5.32 Å². The van der Waals surface area contributed by atoms with Gasteiger partial charge in [-0.05, 0) is 74.5 Å². The SMILES string of the molecule is CCc1cc(C)ncc1NC(=O)C(CCC1CC1)NC(=O)c1[nH]c2c(c1C)C(O)CC(C)(C)C2. The molecule has 2 aromatic rings. The van der Waals surface area contributed by atoms with Gasteiger partial charge in [-0.25, -0.2) is 0 Å². The third kappa shape index (κ3) is 5.35. The highest BCUT2D eigenvalue weighted by atomic mass is 16.3. The fourth-order valence-corrected chi connectivity index (χ4v) is 5.22. The molecular weight excluding hydrogens is 428 g/mol. The maximum absolute atomic E-state index is 13.3. The monoisotopic (exact) mass is 466 g/mol. The van der Waals surface area contributed by atoms with Gasteiger partial charge >= 0.3 is 0 Å². The Kier molecular flexibility index (Phi) is 6.85. The Balaban J connectivity index is 1.53. The van der Waals surface area contributed by atoms with Crippen LogP contribution in [0.25, 0.3) is 0 Å². The lowest BCUT2D eigenvalue weighted by Crippen LogP contribution is -2.44. The van der Waals surface area contributed by atoms with Gasteiger partial charge in [-0.3, -0.25) is 14.6 Å². The standard InChI is InChI=1S/C27H38N4O3/c1-6-18-11-15(2)28-14-21(18)31-25(33)19(10-9-17-7-8-17)30-26(34)24-16(3)23-20(29-24)12-27(4,5)13-22(23)32/h11,14,17,19,22,29,32H,6-10,12-13H2,1-5H3,(H,30,34)(H,31,33). The van der Waals surface area contributed by atoms with Crippen LogP contribution in [-0.2, 0) is 17.6 Å². The van der Waals surface area contributed by atoms with Crippen molar-refractivity contribution in [1.29, 1.82) is 0 Å². The van der Waals surface area contributed by atoms with Crippen LogP contribution >= 0.6 is 0 Å². The highest BCUT2D eigenvalue weighted by Crippen LogP contribution is 2.42. The van der Waals surface area contributed by atoms with Gasteiger partial charge < -0.3 is 20.7 Å². The maximum Gasteiger partial charge on any atom is 0.268 e. The van der Waals surface area contributed by atoms with Gasteiger partial charge in [0.15, 0.2) is 0 Å². The first-order chi connectivity index (χ1) is 16.1. The lowest BCUT2D eigenvalue weighted by Gasteiger charge is -2.33. The lowest BCUT2D eigenvalue weighted by molar-refractivity contribution is -0.118. The van der Waals surface area contributed by atoms with Crippen LogP contribution in [0.4, 0.5) is 5.69 Å². The molecule has 2 aliphatic carbocycles. The van der Waals surface area contributed by atoms with Gasteiger partial charge in [0.2, 0.25) is 5.91 Å². The predicted molar refractivity (Wildman–Crippen MR) is 133 cm³/mol. The average Bonchev–Trinajstić information content (AvgIpc) is 3.53. The van der Waals surface area contributed by atoms with Gasteiger partial charge in [-0.15, -0.1) is 0 Å². The van der Waals surface area contributed by atoms with Crippen molar-refractivity contribution in [3.63, 3.8) is 0 Å². The van der Waals surface area contributed by atoms with E-state index in [0.29, 0.717) is 30.1 Å². The molecule has 2 aliphatic rings. The first-order valence-electron chi connectivity index (χ1n) is 12.5. The molecule has 0 saturated heterocycles. The van der Waals surface area contributed by atoms with Crippen molar-refractivity contribution in [2.24, 2.45) is 11.3 Å². The molecule has 0 bridgehead atoms. The van der Waals surface area contributed by atoms with Crippen molar-refractivity contribution in [3.8, 4) is 0 Å². The van der Waals surface area contributed by atoms with Crippen molar-refractivity contribution >= 4 is 17.5 Å². The fraction of sp³-hybridized carbons (Fsp3) is 0.593. The second-order valence-electron chi connectivity index (χ2n) is 11.0. The second kappa shape index (κ2) is 9.53. The second-order valence-corrected chi connectivity index (χ2v) is 11.0. The number of H-pyrrole nitrogens is 1. The third-order valence-corrected chi connectivity index (χ3v) is 7.29. The summed E-state index contributed by atoms with van der Waals surface area (Å²) in [5, 5.41) is 16.7. The molecule has 2 atom stereocenters. The van der Waals surface area contributed by atoms with E-state index in [1.54, 1.807) is 6.20 Å². The number of carbonyl (C=O) groups excluding carboxylic acids is 2. The number of nitrogens with zero attached hydrogens (tertiary/aromatic N) is 1. The summed E-state index contributed by atoms with van der Waals surface area (Å²) in [6.45, 7) is 10.1. The van der Waals surface area contributed by atoms with E-state index in [-0.39, 0.29) is 17.2 Å². The van der Waals surface area contributed by atoms with Crippen LogP contribution in [0.3, 0.4) is 0 Å². The molecule has 0 aliphatic heterocycles. The van der Waals surface area contributed by atoms with E-state index >= 15 is 0 Å². The van der Waals surface area contributed by atoms with Crippen LogP contribution in [0, 0.1) is 25.2 Å². The summed E-state index contributed by atoms with van der Waals surface area (Å²) in [7, 11) is 0. The number of hydrogen-bond acceptors (Lipinski definition) is 4. The summed E-state index contributed by atoms with van der Waals surface area (Å²) in [6, 6.07) is 1.34. The quantitative estimate of drug-likeness (QED) is 0.459. The fourth-order valence-electron chi connectivity index (χ4n) is 5.22. The molecule has 0 spiro atoms. The smallest absolute Gasteiger partial charge is 0.268 e. The molecule has 34 heavy (non-hydrogen) atoms. The number of nitrogens with one attached hydrogen (secondary N) is 3. The normalized spacial score (nSPS) is 19.9. The van der Waals surface area contributed by atoms with E-state index in [9.17, 15) is 14.7 Å². The van der Waals surface area contributed by atoms with E-state index < -0.39 is 12.1 Å². The van der Waals surface area contributed by atoms with E-state index in [1.807, 2.05) is 26.8 Å². The Labute approximate surface area is 202 Å². The summed E-state index contributed by atoms with van der Waals surface area (Å²) in [6.07, 6.45) is 7.22. The molecule has 4 rings (SSSR count). The first-order valence-corrected chi connectivity index (χ1v) is 12.5. The number of fused-ring (bicyclic) bond motifs is 1. The summed E-state index contributed by atoms with van der Waals surface area (Å²) < 4.78 is 0. The molecule has 2 heterocycles. The number of aromatic amines is 1. The molecule has 2 unspecified atom stereocenters. The molecule has 184 valence electrons. The van der Waals surface area contributed by atoms with E-state index in [4.69, 9.17) is 0 Å². The molecule has 0 radical (unpaired) electrons. The van der Waals surface area contributed by atoms with E-state index in [1.165, 1.54) is 12.8 Å². The average molecular weight is 467 g/mol. The van der Waals surface area contributed by atoms with Crippen molar-refractivity contribution in [3.05, 3.63) is 46.0 Å². The Morgan fingerprint density at radius 3 is 2.71 bits per heavy atom. The van der Waals surface area contributed by atoms with Crippen molar-refractivity contribution in [2.45, 2.75) is 91.7 Å². The topological polar surface area (TPSA) is 107 Å². The maximum atomic E-state index is 13.3. The molecule has 0 aromatic carbocycles. The molecule has 1 fully saturated rings. The van der Waals surface area contributed by atoms with Crippen LogP contribution in [0.2, 0.25) is 0 Å². The van der Waals surface area contributed by atoms with Gasteiger partial charge in [-0.2, -0.15) is 0 Å². The van der Waals surface area contributed by atoms with Crippen molar-refractivity contribution in [1.82, 2.24) is 15.3 Å². The summed E-state index contributed by atoms with van der Waals surface area (Å²) >= 11 is 0. The molecule has 7 nitrogen and oxygen atoms in total. The number of aryl methyl sites for hydroxylation is 2. The molecule has 2 amide bonds. The summed E-state index contributed by atoms with van der Waals surface area (Å²) in [5.74, 6) is 0.131. The number of anilines is 1. The van der Waals surface area contributed by atoms with Gasteiger partial charge in [0, 0.05) is 17.0 Å². The number of amides is 2. The lowest BCUT2D eigenvalue weighted by atomic mass is 9.75. The zero-order chi connectivity index (χ0) is 24.6. The molecular formula is C27H38N4O3. The zero-order valence-corrected chi connectivity index (χ0v) is 21.0. The Morgan fingerprint density at radius 1 is 1.29 bits per heavy atom. The number of hydrogen-bond donors (Lipinski definition) is 4. The number of aromatic nitrogens is 2. The molecule has 2 aromatic heterocycles. The summed E-state index contributed by atoms with van der Waals surface area (Å²) in [5.41, 5.74) is 5.56. The zero-order valence-electron chi connectivity index (χ0n) is 21.0. The number of rotatable bonds is 8. The number of aliphatic hydroxyl groups excluding tert-OH is 1. The van der Waals surface area contributed by atoms with Gasteiger partial charge in [0.25, 0.3) is 5.91 Å². The Hall–Kier alpha value is -2.67. The highest BCUT2D eigenvalue weighted by Gasteiger charge is 2.36. The van der Waals surface area contributed by atoms with E-state index in [0.717, 1.165) is 47.3 Å². The van der Waals surface area contributed by atoms with Crippen LogP contribution in [0.5, 0.6) is 0 Å².